The van der Waals surface area contributed by atoms with Crippen LogP contribution < -0.4 is 10.5 Å². The molecule has 2 aromatic rings. The highest BCUT2D eigenvalue weighted by Gasteiger charge is 2.30. The predicted octanol–water partition coefficient (Wildman–Crippen LogP) is 4.56. The van der Waals surface area contributed by atoms with Crippen LogP contribution >= 0.6 is 0 Å². The number of likely N-dealkylation sites (tertiary alicyclic amines) is 1. The Hall–Kier alpha value is -2.08. The lowest BCUT2D eigenvalue weighted by molar-refractivity contribution is 0.105. The first-order valence-corrected chi connectivity index (χ1v) is 10.8. The largest absolute Gasteiger partial charge is 0.410 e. The Morgan fingerprint density at radius 3 is 2.64 bits per heavy atom. The second-order valence-electron chi connectivity index (χ2n) is 8.47. The van der Waals surface area contributed by atoms with Crippen molar-refractivity contribution in [1.29, 1.82) is 0 Å². The SMILES string of the molecule is CCCC1CCC(N2CCC(c3nc4c(OC(N)=O)cccc4[nH]3)CC2)CC1. The van der Waals surface area contributed by atoms with Gasteiger partial charge in [0.1, 0.15) is 11.3 Å². The number of aromatic amines is 1. The van der Waals surface area contributed by atoms with E-state index in [1.54, 1.807) is 6.07 Å². The minimum absolute atomic E-state index is 0.425. The summed E-state index contributed by atoms with van der Waals surface area (Å²) in [6.07, 6.45) is 9.73. The van der Waals surface area contributed by atoms with Gasteiger partial charge in [-0.3, -0.25) is 0 Å². The quantitative estimate of drug-likeness (QED) is 0.791. The van der Waals surface area contributed by atoms with E-state index in [0.29, 0.717) is 17.2 Å². The van der Waals surface area contributed by atoms with E-state index in [1.807, 2.05) is 12.1 Å². The van der Waals surface area contributed by atoms with Crippen molar-refractivity contribution >= 4 is 17.1 Å². The smallest absolute Gasteiger partial charge is 0.408 e. The number of carbonyl (C=O) groups is 1. The monoisotopic (exact) mass is 384 g/mol. The summed E-state index contributed by atoms with van der Waals surface area (Å²) in [5.74, 6) is 2.82. The van der Waals surface area contributed by atoms with Gasteiger partial charge in [-0.15, -0.1) is 0 Å². The number of amides is 1. The molecule has 1 aromatic carbocycles. The van der Waals surface area contributed by atoms with Gasteiger partial charge in [-0.25, -0.2) is 9.78 Å². The molecule has 6 nitrogen and oxygen atoms in total. The molecule has 2 heterocycles. The lowest BCUT2D eigenvalue weighted by Gasteiger charge is -2.40. The average Bonchev–Trinajstić information content (AvgIpc) is 3.14. The van der Waals surface area contributed by atoms with Crippen molar-refractivity contribution in [1.82, 2.24) is 14.9 Å². The van der Waals surface area contributed by atoms with E-state index >= 15 is 0 Å². The number of primary amides is 1. The third-order valence-electron chi connectivity index (χ3n) is 6.65. The van der Waals surface area contributed by atoms with Crippen LogP contribution in [0.25, 0.3) is 11.0 Å². The molecule has 2 aliphatic rings. The molecule has 1 amide bonds. The molecule has 0 unspecified atom stereocenters. The molecule has 2 fully saturated rings. The highest BCUT2D eigenvalue weighted by Crippen LogP contribution is 2.35. The summed E-state index contributed by atoms with van der Waals surface area (Å²) < 4.78 is 5.10. The number of benzene rings is 1. The molecule has 0 radical (unpaired) electrons. The Morgan fingerprint density at radius 1 is 1.21 bits per heavy atom. The fourth-order valence-electron chi connectivity index (χ4n) is 5.15. The number of piperidine rings is 1. The van der Waals surface area contributed by atoms with Gasteiger partial charge in [0.15, 0.2) is 5.75 Å². The summed E-state index contributed by atoms with van der Waals surface area (Å²) in [6.45, 7) is 4.60. The number of carbonyl (C=O) groups excluding carboxylic acids is 1. The number of hydrogen-bond donors (Lipinski definition) is 2. The van der Waals surface area contributed by atoms with E-state index in [9.17, 15) is 4.79 Å². The van der Waals surface area contributed by atoms with Gasteiger partial charge in [0.05, 0.1) is 5.52 Å². The van der Waals surface area contributed by atoms with Gasteiger partial charge in [0, 0.05) is 12.0 Å². The zero-order valence-corrected chi connectivity index (χ0v) is 16.8. The zero-order valence-electron chi connectivity index (χ0n) is 16.8. The first-order valence-electron chi connectivity index (χ1n) is 10.8. The Morgan fingerprint density at radius 2 is 1.96 bits per heavy atom. The van der Waals surface area contributed by atoms with Crippen molar-refractivity contribution in [2.45, 2.75) is 70.3 Å². The van der Waals surface area contributed by atoms with Gasteiger partial charge < -0.3 is 20.4 Å². The number of nitrogens with zero attached hydrogens (tertiary/aromatic N) is 2. The molecule has 6 heteroatoms. The maximum absolute atomic E-state index is 11.1. The van der Waals surface area contributed by atoms with Gasteiger partial charge in [-0.2, -0.15) is 0 Å². The average molecular weight is 385 g/mol. The Balaban J connectivity index is 1.37. The number of ether oxygens (including phenoxy) is 1. The van der Waals surface area contributed by atoms with Gasteiger partial charge in [-0.1, -0.05) is 25.8 Å². The maximum atomic E-state index is 11.1. The van der Waals surface area contributed by atoms with Crippen LogP contribution in [0.15, 0.2) is 18.2 Å². The van der Waals surface area contributed by atoms with E-state index in [2.05, 4.69) is 16.8 Å². The van der Waals surface area contributed by atoms with Crippen molar-refractivity contribution in [3.63, 3.8) is 0 Å². The molecule has 1 saturated heterocycles. The molecule has 152 valence electrons. The van der Waals surface area contributed by atoms with Gasteiger partial charge in [-0.05, 0) is 69.7 Å². The molecule has 0 spiro atoms. The Kier molecular flexibility index (Phi) is 5.85. The highest BCUT2D eigenvalue weighted by atomic mass is 16.5. The van der Waals surface area contributed by atoms with Crippen molar-refractivity contribution in [3.8, 4) is 5.75 Å². The third-order valence-corrected chi connectivity index (χ3v) is 6.65. The first kappa shape index (κ1) is 19.2. The number of nitrogens with one attached hydrogen (secondary N) is 1. The number of rotatable bonds is 5. The van der Waals surface area contributed by atoms with E-state index < -0.39 is 6.09 Å². The number of hydrogen-bond acceptors (Lipinski definition) is 4. The molecule has 3 N–H and O–H groups in total. The number of H-pyrrole nitrogens is 1. The normalized spacial score (nSPS) is 24.5. The van der Waals surface area contributed by atoms with Crippen molar-refractivity contribution in [2.24, 2.45) is 11.7 Å². The first-order chi connectivity index (χ1) is 13.6. The standard InChI is InChI=1S/C22H32N4O2/c1-2-4-15-7-9-17(10-8-15)26-13-11-16(12-14-26)21-24-18-5-3-6-19(20(18)25-21)28-22(23)27/h3,5-6,15-17H,2,4,7-14H2,1H3,(H2,23,27)(H,24,25). The van der Waals surface area contributed by atoms with E-state index in [-0.39, 0.29) is 0 Å². The van der Waals surface area contributed by atoms with Gasteiger partial charge in [0.25, 0.3) is 0 Å². The maximum Gasteiger partial charge on any atom is 0.410 e. The summed E-state index contributed by atoms with van der Waals surface area (Å²) in [7, 11) is 0. The van der Waals surface area contributed by atoms with Crippen LogP contribution in [-0.4, -0.2) is 40.1 Å². The lowest BCUT2D eigenvalue weighted by atomic mass is 9.82. The van der Waals surface area contributed by atoms with Crippen LogP contribution in [0.1, 0.15) is 70.0 Å². The van der Waals surface area contributed by atoms with Crippen LogP contribution in [0, 0.1) is 5.92 Å². The summed E-state index contributed by atoms with van der Waals surface area (Å²) in [5.41, 5.74) is 6.75. The van der Waals surface area contributed by atoms with Gasteiger partial charge >= 0.3 is 6.09 Å². The zero-order chi connectivity index (χ0) is 19.5. The highest BCUT2D eigenvalue weighted by molar-refractivity contribution is 5.84. The fraction of sp³-hybridized carbons (Fsp3) is 0.636. The molecule has 0 atom stereocenters. The Labute approximate surface area is 166 Å². The van der Waals surface area contributed by atoms with Gasteiger partial charge in [0.2, 0.25) is 0 Å². The number of para-hydroxylation sites is 1. The lowest BCUT2D eigenvalue weighted by Crippen LogP contribution is -2.42. The number of imidazole rings is 1. The fourth-order valence-corrected chi connectivity index (χ4v) is 5.15. The molecule has 1 aromatic heterocycles. The van der Waals surface area contributed by atoms with Crippen molar-refractivity contribution in [2.75, 3.05) is 13.1 Å². The molecular formula is C22H32N4O2. The minimum atomic E-state index is -0.806. The molecule has 1 aliphatic carbocycles. The van der Waals surface area contributed by atoms with Crippen molar-refractivity contribution in [3.05, 3.63) is 24.0 Å². The topological polar surface area (TPSA) is 84.2 Å². The number of nitrogens with two attached hydrogens (primary N) is 1. The minimum Gasteiger partial charge on any atom is -0.408 e. The summed E-state index contributed by atoms with van der Waals surface area (Å²) in [6, 6.07) is 6.32. The molecule has 1 saturated carbocycles. The third kappa shape index (κ3) is 4.17. The van der Waals surface area contributed by atoms with E-state index in [4.69, 9.17) is 15.5 Å². The summed E-state index contributed by atoms with van der Waals surface area (Å²) >= 11 is 0. The van der Waals surface area contributed by atoms with Crippen LogP contribution in [0.5, 0.6) is 5.75 Å². The summed E-state index contributed by atoms with van der Waals surface area (Å²) in [4.78, 5) is 22.0. The summed E-state index contributed by atoms with van der Waals surface area (Å²) in [5, 5.41) is 0. The molecular weight excluding hydrogens is 352 g/mol. The number of aromatic nitrogens is 2. The molecule has 0 bridgehead atoms. The van der Waals surface area contributed by atoms with E-state index in [0.717, 1.165) is 49.2 Å². The van der Waals surface area contributed by atoms with Crippen LogP contribution in [0.4, 0.5) is 4.79 Å². The van der Waals surface area contributed by atoms with E-state index in [1.165, 1.54) is 38.5 Å². The molecule has 28 heavy (non-hydrogen) atoms. The van der Waals surface area contributed by atoms with Crippen LogP contribution in [0.2, 0.25) is 0 Å². The predicted molar refractivity (Wildman–Crippen MR) is 111 cm³/mol. The second kappa shape index (κ2) is 8.52. The van der Waals surface area contributed by atoms with Crippen molar-refractivity contribution < 1.29 is 9.53 Å². The second-order valence-corrected chi connectivity index (χ2v) is 8.47. The number of fused-ring (bicyclic) bond motifs is 1. The van der Waals surface area contributed by atoms with Crippen LogP contribution in [-0.2, 0) is 0 Å². The Bertz CT molecular complexity index is 802. The van der Waals surface area contributed by atoms with Crippen LogP contribution in [0.3, 0.4) is 0 Å². The molecule has 4 rings (SSSR count). The molecule has 1 aliphatic heterocycles.